The molecule has 3 rings (SSSR count). The summed E-state index contributed by atoms with van der Waals surface area (Å²) in [5.41, 5.74) is 3.06. The van der Waals surface area contributed by atoms with Crippen LogP contribution >= 0.6 is 0 Å². The summed E-state index contributed by atoms with van der Waals surface area (Å²) >= 11 is 0. The van der Waals surface area contributed by atoms with Gasteiger partial charge in [-0.1, -0.05) is 72.9 Å². The summed E-state index contributed by atoms with van der Waals surface area (Å²) < 4.78 is 2.62. The summed E-state index contributed by atoms with van der Waals surface area (Å²) in [4.78, 5) is 5.18. The van der Waals surface area contributed by atoms with Crippen molar-refractivity contribution >= 4 is 19.7 Å². The number of benzene rings is 1. The minimum absolute atomic E-state index is 0.159. The van der Waals surface area contributed by atoms with Gasteiger partial charge in [-0.15, -0.1) is 13.2 Å². The highest BCUT2D eigenvalue weighted by molar-refractivity contribution is 6.74. The second-order valence-electron chi connectivity index (χ2n) is 7.89. The molecule has 0 aromatic heterocycles. The quantitative estimate of drug-likeness (QED) is 0.532. The van der Waals surface area contributed by atoms with E-state index in [2.05, 4.69) is 107 Å². The van der Waals surface area contributed by atoms with E-state index in [9.17, 15) is 0 Å². The van der Waals surface area contributed by atoms with Gasteiger partial charge in [0.1, 0.15) is 0 Å². The van der Waals surface area contributed by atoms with Gasteiger partial charge >= 0.3 is 6.98 Å². The molecule has 26 heavy (non-hydrogen) atoms. The zero-order valence-corrected chi connectivity index (χ0v) is 18.4. The highest BCUT2D eigenvalue weighted by Gasteiger charge is 2.55. The van der Waals surface area contributed by atoms with Crippen LogP contribution < -0.4 is 4.81 Å². The average molecular weight is 355 g/mol. The molecule has 0 aliphatic carbocycles. The van der Waals surface area contributed by atoms with Gasteiger partial charge in [-0.2, -0.15) is 0 Å². The van der Waals surface area contributed by atoms with Gasteiger partial charge < -0.3 is 14.3 Å². The van der Waals surface area contributed by atoms with E-state index in [1.54, 1.807) is 0 Å². The number of anilines is 1. The van der Waals surface area contributed by atoms with Gasteiger partial charge in [-0.05, 0) is 31.6 Å². The smallest absolute Gasteiger partial charge is 0.330 e. The lowest BCUT2D eigenvalue weighted by molar-refractivity contribution is 0.253. The van der Waals surface area contributed by atoms with Crippen LogP contribution in [0.25, 0.3) is 0 Å². The number of likely N-dealkylation sites (N-methyl/N-ethyl adjacent to an activating group) is 1. The fourth-order valence-electron chi connectivity index (χ4n) is 4.52. The molecule has 144 valence electrons. The van der Waals surface area contributed by atoms with E-state index in [1.165, 1.54) is 24.1 Å². The molecule has 2 heterocycles. The van der Waals surface area contributed by atoms with Crippen LogP contribution in [0.5, 0.6) is 0 Å². The molecule has 5 heteroatoms. The molecule has 0 saturated carbocycles. The molecule has 0 radical (unpaired) electrons. The summed E-state index contributed by atoms with van der Waals surface area (Å²) in [5, 5.41) is 0. The number of hydrogen-bond donors (Lipinski definition) is 0. The molecule has 0 bridgehead atoms. The minimum Gasteiger partial charge on any atom is -0.386 e. The molecular weight excluding hydrogens is 316 g/mol. The topological polar surface area (TPSA) is 9.72 Å². The normalized spacial score (nSPS) is 21.2. The maximum Gasteiger partial charge on any atom is 0.330 e. The van der Waals surface area contributed by atoms with Crippen molar-refractivity contribution in [3.63, 3.8) is 0 Å². The van der Waals surface area contributed by atoms with Crippen molar-refractivity contribution in [3.8, 4) is 0 Å². The molecule has 1 atom stereocenters. The first-order valence-corrected chi connectivity index (χ1v) is 10.2. The third-order valence-corrected chi connectivity index (χ3v) is 5.60. The molecule has 1 aromatic rings. The van der Waals surface area contributed by atoms with Crippen LogP contribution in [0.3, 0.4) is 0 Å². The molecule has 0 spiro atoms. The molecule has 1 unspecified atom stereocenters. The summed E-state index contributed by atoms with van der Waals surface area (Å²) in [5.74, 6) is 0. The highest BCUT2D eigenvalue weighted by atomic mass is 15.4. The molecule has 3 nitrogen and oxygen atoms in total. The van der Waals surface area contributed by atoms with Gasteiger partial charge in [0.2, 0.25) is 0 Å². The van der Waals surface area contributed by atoms with Gasteiger partial charge in [-0.3, -0.25) is 0 Å². The van der Waals surface area contributed by atoms with Crippen LogP contribution in [0, 0.1) is 0 Å². The van der Waals surface area contributed by atoms with Crippen LogP contribution in [0.2, 0.25) is 13.6 Å². The third-order valence-electron chi connectivity index (χ3n) is 5.60. The number of fused-ring (bicyclic) bond motifs is 3. The van der Waals surface area contributed by atoms with Crippen LogP contribution in [-0.4, -0.2) is 43.3 Å². The summed E-state index contributed by atoms with van der Waals surface area (Å²) in [6, 6.07) is 8.95. The van der Waals surface area contributed by atoms with Crippen molar-refractivity contribution in [2.75, 3.05) is 18.4 Å². The predicted octanol–water partition coefficient (Wildman–Crippen LogP) is 5.22. The van der Waals surface area contributed by atoms with Gasteiger partial charge in [0.15, 0.2) is 0 Å². The minimum atomic E-state index is 0.159. The molecule has 0 amide bonds. The van der Waals surface area contributed by atoms with E-state index in [0.717, 1.165) is 6.54 Å². The van der Waals surface area contributed by atoms with Gasteiger partial charge in [0.25, 0.3) is 6.98 Å². The zero-order chi connectivity index (χ0) is 20.1. The molecule has 1 fully saturated rings. The van der Waals surface area contributed by atoms with Crippen molar-refractivity contribution in [1.82, 2.24) is 9.53 Å². The maximum atomic E-state index is 3.00. The average Bonchev–Trinajstić information content (AvgIpc) is 2.87. The highest BCUT2D eigenvalue weighted by Crippen LogP contribution is 2.48. The van der Waals surface area contributed by atoms with Crippen molar-refractivity contribution in [2.24, 2.45) is 0 Å². The van der Waals surface area contributed by atoms with E-state index in [-0.39, 0.29) is 5.41 Å². The van der Waals surface area contributed by atoms with E-state index >= 15 is 0 Å². The Morgan fingerprint density at radius 3 is 2.12 bits per heavy atom. The Labute approximate surface area is 163 Å². The van der Waals surface area contributed by atoms with E-state index in [1.807, 2.05) is 0 Å². The van der Waals surface area contributed by atoms with Crippen LogP contribution in [0.1, 0.15) is 53.0 Å². The van der Waals surface area contributed by atoms with E-state index in [4.69, 9.17) is 0 Å². The summed E-state index contributed by atoms with van der Waals surface area (Å²) in [6.07, 6.45) is 2.89. The third kappa shape index (κ3) is 3.89. The fraction of sp³-hybridized carbons (Fsp3) is 0.619. The second-order valence-corrected chi connectivity index (χ2v) is 7.89. The lowest BCUT2D eigenvalue weighted by atomic mass is 9.55. The van der Waals surface area contributed by atoms with Crippen LogP contribution in [0.15, 0.2) is 37.4 Å². The molecule has 1 aromatic carbocycles. The standard InChI is InChI=1S/C16H27B2N3.C3H8.C2H4/c1-7-12-20-17(4)19(6)15-16(2,3)13-10-8-9-11-14(13)21(15)18(20)5;1-3-2;1-2/h8-11,15H,7,12H2,1-6H3;3H2,1-2H3;1-2H2. The first kappa shape index (κ1) is 22.9. The van der Waals surface area contributed by atoms with Gasteiger partial charge in [0.05, 0.1) is 6.17 Å². The van der Waals surface area contributed by atoms with Crippen molar-refractivity contribution in [2.45, 2.75) is 72.7 Å². The predicted molar refractivity (Wildman–Crippen MR) is 121 cm³/mol. The van der Waals surface area contributed by atoms with Crippen molar-refractivity contribution in [1.29, 1.82) is 0 Å². The van der Waals surface area contributed by atoms with Crippen LogP contribution in [-0.2, 0) is 5.41 Å². The first-order valence-electron chi connectivity index (χ1n) is 10.2. The molecule has 2 aliphatic heterocycles. The summed E-state index contributed by atoms with van der Waals surface area (Å²) in [7, 11) is 2.28. The SMILES string of the molecule is C=C.CCC.CCCN1B(C)N(C)C2N(B1C)c1ccccc1C2(C)C. The maximum absolute atomic E-state index is 3.00. The Morgan fingerprint density at radius 2 is 1.58 bits per heavy atom. The van der Waals surface area contributed by atoms with Gasteiger partial charge in [0, 0.05) is 11.1 Å². The number of hydrogen-bond acceptors (Lipinski definition) is 3. The zero-order valence-electron chi connectivity index (χ0n) is 18.4. The van der Waals surface area contributed by atoms with Crippen molar-refractivity contribution < 1.29 is 0 Å². The monoisotopic (exact) mass is 355 g/mol. The Balaban J connectivity index is 0.000000615. The Morgan fingerprint density at radius 1 is 1.04 bits per heavy atom. The molecule has 2 aliphatic rings. The van der Waals surface area contributed by atoms with Gasteiger partial charge in [-0.25, -0.2) is 0 Å². The van der Waals surface area contributed by atoms with E-state index in [0.29, 0.717) is 20.1 Å². The molecular formula is C21H39B2N3. The largest absolute Gasteiger partial charge is 0.386 e. The van der Waals surface area contributed by atoms with E-state index < -0.39 is 0 Å². The number of nitrogens with zero attached hydrogens (tertiary/aromatic N) is 3. The fourth-order valence-corrected chi connectivity index (χ4v) is 4.52. The second kappa shape index (κ2) is 9.66. The lowest BCUT2D eigenvalue weighted by Crippen LogP contribution is -2.74. The lowest BCUT2D eigenvalue weighted by Gasteiger charge is -2.54. The Kier molecular flexibility index (Phi) is 8.49. The van der Waals surface area contributed by atoms with Crippen LogP contribution in [0.4, 0.5) is 5.69 Å². The summed E-state index contributed by atoms with van der Waals surface area (Å²) in [6.45, 7) is 24.1. The Bertz CT molecular complexity index is 564. The molecule has 0 N–H and O–H groups in total. The number of para-hydroxylation sites is 1. The van der Waals surface area contributed by atoms with Crippen molar-refractivity contribution in [3.05, 3.63) is 43.0 Å². The number of rotatable bonds is 2. The first-order chi connectivity index (χ1) is 12.3. The Hall–Kier alpha value is -1.19. The molecule has 1 saturated heterocycles.